The zero-order valence-corrected chi connectivity index (χ0v) is 9.40. The van der Waals surface area contributed by atoms with Crippen LogP contribution in [0.3, 0.4) is 0 Å². The zero-order chi connectivity index (χ0) is 9.97. The van der Waals surface area contributed by atoms with E-state index in [1.807, 2.05) is 23.1 Å². The van der Waals surface area contributed by atoms with Gasteiger partial charge in [-0.25, -0.2) is 4.68 Å². The summed E-state index contributed by atoms with van der Waals surface area (Å²) in [7, 11) is 0. The number of pyridine rings is 1. The maximum Gasteiger partial charge on any atom is 0.0818 e. The van der Waals surface area contributed by atoms with Gasteiger partial charge < -0.3 is 0 Å². The van der Waals surface area contributed by atoms with E-state index in [-0.39, 0.29) is 0 Å². The van der Waals surface area contributed by atoms with Gasteiger partial charge in [-0.1, -0.05) is 6.92 Å². The van der Waals surface area contributed by atoms with E-state index < -0.39 is 0 Å². The molecule has 0 N–H and O–H groups in total. The summed E-state index contributed by atoms with van der Waals surface area (Å²) in [6, 6.07) is 1.93. The van der Waals surface area contributed by atoms with Crippen molar-refractivity contribution in [3.8, 4) is 5.69 Å². The minimum absolute atomic E-state index is 0.950. The molecule has 0 aliphatic rings. The third-order valence-corrected chi connectivity index (χ3v) is 2.65. The summed E-state index contributed by atoms with van der Waals surface area (Å²) < 4.78 is 2.80. The number of aromatic nitrogens is 3. The molecule has 2 aromatic rings. The smallest absolute Gasteiger partial charge is 0.0818 e. The van der Waals surface area contributed by atoms with Crippen LogP contribution in [-0.2, 0) is 6.42 Å². The normalized spacial score (nSPS) is 10.4. The van der Waals surface area contributed by atoms with Gasteiger partial charge in [-0.2, -0.15) is 5.10 Å². The van der Waals surface area contributed by atoms with Crippen LogP contribution in [0.1, 0.15) is 12.5 Å². The highest BCUT2D eigenvalue weighted by Crippen LogP contribution is 2.18. The van der Waals surface area contributed by atoms with Crippen LogP contribution in [0.5, 0.6) is 0 Å². The first-order valence-corrected chi connectivity index (χ1v) is 5.24. The highest BCUT2D eigenvalue weighted by molar-refractivity contribution is 9.10. The van der Waals surface area contributed by atoms with E-state index in [4.69, 9.17) is 0 Å². The van der Waals surface area contributed by atoms with Gasteiger partial charge in [-0.15, -0.1) is 0 Å². The minimum Gasteiger partial charge on any atom is -0.263 e. The van der Waals surface area contributed by atoms with E-state index >= 15 is 0 Å². The molecule has 2 heterocycles. The summed E-state index contributed by atoms with van der Waals surface area (Å²) >= 11 is 3.44. The van der Waals surface area contributed by atoms with Crippen LogP contribution in [0.4, 0.5) is 0 Å². The van der Waals surface area contributed by atoms with Crippen LogP contribution in [0, 0.1) is 0 Å². The van der Waals surface area contributed by atoms with E-state index in [2.05, 4.69) is 32.9 Å². The summed E-state index contributed by atoms with van der Waals surface area (Å²) in [6.07, 6.45) is 8.44. The van der Waals surface area contributed by atoms with Crippen LogP contribution < -0.4 is 0 Å². The molecule has 0 aliphatic carbocycles. The van der Waals surface area contributed by atoms with Gasteiger partial charge in [0.05, 0.1) is 16.4 Å². The molecule has 0 amide bonds. The highest BCUT2D eigenvalue weighted by atomic mass is 79.9. The topological polar surface area (TPSA) is 30.7 Å². The lowest BCUT2D eigenvalue weighted by atomic mass is 10.3. The summed E-state index contributed by atoms with van der Waals surface area (Å²) in [5, 5.41) is 4.28. The Bertz CT molecular complexity index is 436. The van der Waals surface area contributed by atoms with E-state index in [9.17, 15) is 0 Å². The lowest BCUT2D eigenvalue weighted by Crippen LogP contribution is -1.95. The average molecular weight is 252 g/mol. The van der Waals surface area contributed by atoms with Gasteiger partial charge in [0.15, 0.2) is 0 Å². The van der Waals surface area contributed by atoms with Gasteiger partial charge >= 0.3 is 0 Å². The fraction of sp³-hybridized carbons (Fsp3) is 0.200. The van der Waals surface area contributed by atoms with Gasteiger partial charge in [-0.3, -0.25) is 4.98 Å². The molecular formula is C10H10BrN3. The van der Waals surface area contributed by atoms with Crippen LogP contribution >= 0.6 is 15.9 Å². The quantitative estimate of drug-likeness (QED) is 0.822. The van der Waals surface area contributed by atoms with E-state index in [1.54, 1.807) is 12.4 Å². The number of rotatable bonds is 2. The molecule has 3 nitrogen and oxygen atoms in total. The highest BCUT2D eigenvalue weighted by Gasteiger charge is 2.02. The molecule has 0 radical (unpaired) electrons. The average Bonchev–Trinajstić information content (AvgIpc) is 2.67. The SMILES string of the molecule is CCc1cnn(-c2ccncc2Br)c1. The molecule has 0 unspecified atom stereocenters. The summed E-state index contributed by atoms with van der Waals surface area (Å²) in [6.45, 7) is 2.11. The van der Waals surface area contributed by atoms with Crippen molar-refractivity contribution >= 4 is 15.9 Å². The Morgan fingerprint density at radius 2 is 2.29 bits per heavy atom. The number of nitrogens with zero attached hydrogens (tertiary/aromatic N) is 3. The first-order valence-electron chi connectivity index (χ1n) is 4.44. The third-order valence-electron chi connectivity index (χ3n) is 2.04. The Balaban J connectivity index is 2.44. The second-order valence-electron chi connectivity index (χ2n) is 2.97. The molecular weight excluding hydrogens is 242 g/mol. The Kier molecular flexibility index (Phi) is 2.63. The molecule has 14 heavy (non-hydrogen) atoms. The molecule has 0 atom stereocenters. The Hall–Kier alpha value is -1.16. The molecule has 2 rings (SSSR count). The van der Waals surface area contributed by atoms with Crippen molar-refractivity contribution < 1.29 is 0 Å². The van der Waals surface area contributed by atoms with Crippen LogP contribution in [-0.4, -0.2) is 14.8 Å². The number of hydrogen-bond donors (Lipinski definition) is 0. The van der Waals surface area contributed by atoms with Crippen molar-refractivity contribution in [1.29, 1.82) is 0 Å². The van der Waals surface area contributed by atoms with Crippen molar-refractivity contribution in [2.45, 2.75) is 13.3 Å². The molecule has 0 fully saturated rings. The second kappa shape index (κ2) is 3.92. The molecule has 0 aliphatic heterocycles. The van der Waals surface area contributed by atoms with Crippen molar-refractivity contribution in [2.75, 3.05) is 0 Å². The van der Waals surface area contributed by atoms with Gasteiger partial charge in [0.2, 0.25) is 0 Å². The minimum atomic E-state index is 0.950. The molecule has 0 spiro atoms. The largest absolute Gasteiger partial charge is 0.263 e. The van der Waals surface area contributed by atoms with Gasteiger partial charge in [0, 0.05) is 18.6 Å². The Morgan fingerprint density at radius 3 is 2.93 bits per heavy atom. The van der Waals surface area contributed by atoms with Crippen molar-refractivity contribution in [3.05, 3.63) is 40.9 Å². The monoisotopic (exact) mass is 251 g/mol. The van der Waals surface area contributed by atoms with E-state index in [1.165, 1.54) is 5.56 Å². The summed E-state index contributed by atoms with van der Waals surface area (Å²) in [5.74, 6) is 0. The Labute approximate surface area is 90.9 Å². The van der Waals surface area contributed by atoms with Gasteiger partial charge in [0.25, 0.3) is 0 Å². The first-order chi connectivity index (χ1) is 6.81. The molecule has 0 bridgehead atoms. The molecule has 0 saturated heterocycles. The van der Waals surface area contributed by atoms with Gasteiger partial charge in [0.1, 0.15) is 0 Å². The van der Waals surface area contributed by atoms with E-state index in [0.717, 1.165) is 16.6 Å². The molecule has 0 saturated carbocycles. The zero-order valence-electron chi connectivity index (χ0n) is 7.81. The lowest BCUT2D eigenvalue weighted by Gasteiger charge is -2.02. The fourth-order valence-corrected chi connectivity index (χ4v) is 1.66. The predicted molar refractivity (Wildman–Crippen MR) is 58.4 cm³/mol. The second-order valence-corrected chi connectivity index (χ2v) is 3.83. The maximum atomic E-state index is 4.28. The first kappa shape index (κ1) is 9.40. The fourth-order valence-electron chi connectivity index (χ4n) is 1.23. The van der Waals surface area contributed by atoms with Crippen LogP contribution in [0.15, 0.2) is 35.3 Å². The third kappa shape index (κ3) is 1.70. The maximum absolute atomic E-state index is 4.28. The molecule has 0 aromatic carbocycles. The molecule has 4 heteroatoms. The predicted octanol–water partition coefficient (Wildman–Crippen LogP) is 2.59. The number of halogens is 1. The van der Waals surface area contributed by atoms with Crippen molar-refractivity contribution in [2.24, 2.45) is 0 Å². The Morgan fingerprint density at radius 1 is 1.43 bits per heavy atom. The van der Waals surface area contributed by atoms with Crippen molar-refractivity contribution in [3.63, 3.8) is 0 Å². The van der Waals surface area contributed by atoms with Crippen LogP contribution in [0.25, 0.3) is 5.69 Å². The number of aryl methyl sites for hydroxylation is 1. The van der Waals surface area contributed by atoms with Crippen molar-refractivity contribution in [1.82, 2.24) is 14.8 Å². The molecule has 2 aromatic heterocycles. The summed E-state index contributed by atoms with van der Waals surface area (Å²) in [4.78, 5) is 4.01. The standard InChI is InChI=1S/C10H10BrN3/c1-2-8-5-13-14(7-8)10-3-4-12-6-9(10)11/h3-7H,2H2,1H3. The van der Waals surface area contributed by atoms with Gasteiger partial charge in [-0.05, 0) is 34.0 Å². The lowest BCUT2D eigenvalue weighted by molar-refractivity contribution is 0.872. The van der Waals surface area contributed by atoms with Crippen LogP contribution in [0.2, 0.25) is 0 Å². The molecule has 72 valence electrons. The summed E-state index contributed by atoms with van der Waals surface area (Å²) in [5.41, 5.74) is 2.24. The van der Waals surface area contributed by atoms with E-state index in [0.29, 0.717) is 0 Å². The number of hydrogen-bond acceptors (Lipinski definition) is 2.